The number of aryl methyl sites for hydroxylation is 3. The van der Waals surface area contributed by atoms with Crippen LogP contribution in [0.3, 0.4) is 0 Å². The molecule has 0 saturated carbocycles. The largest absolute Gasteiger partial charge is 0.391 e. The zero-order valence-electron chi connectivity index (χ0n) is 21.4. The van der Waals surface area contributed by atoms with Crippen molar-refractivity contribution in [3.05, 3.63) is 78.3 Å². The fourth-order valence-corrected chi connectivity index (χ4v) is 4.60. The number of amides is 2. The number of para-hydroxylation sites is 1. The molecule has 0 radical (unpaired) electrons. The van der Waals surface area contributed by atoms with Gasteiger partial charge >= 0.3 is 0 Å². The molecule has 196 valence electrons. The summed E-state index contributed by atoms with van der Waals surface area (Å²) in [6.45, 7) is 4.25. The number of nitrogens with zero attached hydrogens (tertiary/aromatic N) is 3. The van der Waals surface area contributed by atoms with Gasteiger partial charge in [0.05, 0.1) is 41.2 Å². The number of carbonyl (C=O) groups is 2. The highest BCUT2D eigenvalue weighted by molar-refractivity contribution is 5.94. The smallest absolute Gasteiger partial charge is 0.269 e. The van der Waals surface area contributed by atoms with E-state index in [-0.39, 0.29) is 11.8 Å². The molecule has 0 spiro atoms. The zero-order chi connectivity index (χ0) is 26.6. The van der Waals surface area contributed by atoms with Crippen molar-refractivity contribution in [2.45, 2.75) is 51.8 Å². The minimum Gasteiger partial charge on any atom is -0.391 e. The summed E-state index contributed by atoms with van der Waals surface area (Å²) in [6.07, 6.45) is 5.47. The van der Waals surface area contributed by atoms with E-state index in [2.05, 4.69) is 35.1 Å². The normalized spacial score (nSPS) is 13.0. The lowest BCUT2D eigenvalue weighted by atomic mass is 10.1. The van der Waals surface area contributed by atoms with Gasteiger partial charge in [-0.25, -0.2) is 9.97 Å². The Bertz CT molecular complexity index is 1570. The van der Waals surface area contributed by atoms with Gasteiger partial charge in [-0.2, -0.15) is 0 Å². The lowest BCUT2D eigenvalue weighted by molar-refractivity contribution is -0.116. The van der Waals surface area contributed by atoms with E-state index in [1.807, 2.05) is 55.6 Å². The maximum absolute atomic E-state index is 12.7. The SMILES string of the molecule is Cc1cccc2[nH]c(CCC(=O)Nc3ccc4ccn(CC[C@@H](NC(=O)c5cnc[nH]5)[C@H](C)O)c4c3)nc12. The average Bonchev–Trinajstić information content (AvgIpc) is 3.65. The summed E-state index contributed by atoms with van der Waals surface area (Å²) in [4.78, 5) is 39.6. The molecule has 5 aromatic rings. The standard InChI is InChI=1S/C28H31N7O3/c1-17-4-3-5-22-27(17)34-25(32-22)8-9-26(37)31-20-7-6-19-10-12-35(24(19)14-20)13-11-21(18(2)36)33-28(38)23-15-29-16-30-23/h3-7,10,12,14-16,18,21,36H,8-9,11,13H2,1-2H3,(H,29,30)(H,31,37)(H,32,34)(H,33,38)/t18-,21+/m0/s1. The summed E-state index contributed by atoms with van der Waals surface area (Å²) in [5.74, 6) is 0.393. The summed E-state index contributed by atoms with van der Waals surface area (Å²) in [7, 11) is 0. The first-order valence-corrected chi connectivity index (χ1v) is 12.7. The van der Waals surface area contributed by atoms with Gasteiger partial charge in [0.2, 0.25) is 5.91 Å². The van der Waals surface area contributed by atoms with Crippen molar-refractivity contribution >= 4 is 39.4 Å². The van der Waals surface area contributed by atoms with Crippen LogP contribution < -0.4 is 10.6 Å². The molecule has 10 nitrogen and oxygen atoms in total. The number of imidazole rings is 2. The van der Waals surface area contributed by atoms with Crippen LogP contribution in [0.15, 0.2) is 61.2 Å². The maximum atomic E-state index is 12.7. The molecule has 0 unspecified atom stereocenters. The molecule has 0 bridgehead atoms. The van der Waals surface area contributed by atoms with Gasteiger partial charge in [0.15, 0.2) is 0 Å². The number of rotatable bonds is 10. The number of H-pyrrole nitrogens is 2. The minimum atomic E-state index is -0.728. The molecular weight excluding hydrogens is 482 g/mol. The molecule has 3 aromatic heterocycles. The van der Waals surface area contributed by atoms with Crippen LogP contribution in [0.4, 0.5) is 5.69 Å². The van der Waals surface area contributed by atoms with Crippen molar-refractivity contribution in [3.8, 4) is 0 Å². The van der Waals surface area contributed by atoms with Crippen molar-refractivity contribution in [3.63, 3.8) is 0 Å². The van der Waals surface area contributed by atoms with Crippen LogP contribution in [-0.4, -0.2) is 53.6 Å². The third kappa shape index (κ3) is 5.60. The van der Waals surface area contributed by atoms with E-state index in [0.717, 1.165) is 33.3 Å². The third-order valence-corrected chi connectivity index (χ3v) is 6.73. The van der Waals surface area contributed by atoms with Crippen molar-refractivity contribution in [2.24, 2.45) is 0 Å². The Labute approximate surface area is 219 Å². The highest BCUT2D eigenvalue weighted by Crippen LogP contribution is 2.22. The monoisotopic (exact) mass is 513 g/mol. The van der Waals surface area contributed by atoms with Crippen molar-refractivity contribution < 1.29 is 14.7 Å². The summed E-state index contributed by atoms with van der Waals surface area (Å²) in [5.41, 5.74) is 5.03. The number of nitrogens with one attached hydrogen (secondary N) is 4. The lowest BCUT2D eigenvalue weighted by Crippen LogP contribution is -2.42. The molecule has 5 rings (SSSR count). The van der Waals surface area contributed by atoms with E-state index in [4.69, 9.17) is 0 Å². The van der Waals surface area contributed by atoms with Crippen LogP contribution in [-0.2, 0) is 17.8 Å². The fraction of sp³-hybridized carbons (Fsp3) is 0.286. The van der Waals surface area contributed by atoms with Crippen LogP contribution in [0.1, 0.15) is 41.6 Å². The quantitative estimate of drug-likeness (QED) is 0.194. The van der Waals surface area contributed by atoms with Gasteiger partial charge in [0, 0.05) is 31.3 Å². The number of aliphatic hydroxyl groups excluding tert-OH is 1. The Morgan fingerprint density at radius 1 is 1.18 bits per heavy atom. The number of aromatic amines is 2. The van der Waals surface area contributed by atoms with Crippen LogP contribution >= 0.6 is 0 Å². The molecule has 0 saturated heterocycles. The van der Waals surface area contributed by atoms with Gasteiger partial charge in [-0.15, -0.1) is 0 Å². The summed E-state index contributed by atoms with van der Waals surface area (Å²) >= 11 is 0. The van der Waals surface area contributed by atoms with E-state index in [9.17, 15) is 14.7 Å². The van der Waals surface area contributed by atoms with Crippen LogP contribution in [0.5, 0.6) is 0 Å². The van der Waals surface area contributed by atoms with Gasteiger partial charge in [-0.1, -0.05) is 18.2 Å². The second-order valence-electron chi connectivity index (χ2n) is 9.56. The molecule has 5 N–H and O–H groups in total. The fourth-order valence-electron chi connectivity index (χ4n) is 4.60. The molecule has 38 heavy (non-hydrogen) atoms. The summed E-state index contributed by atoms with van der Waals surface area (Å²) in [5, 5.41) is 17.1. The first-order chi connectivity index (χ1) is 18.4. The van der Waals surface area contributed by atoms with Gasteiger partial charge in [0.25, 0.3) is 5.91 Å². The molecule has 2 amide bonds. The predicted octanol–water partition coefficient (Wildman–Crippen LogP) is 3.69. The maximum Gasteiger partial charge on any atom is 0.269 e. The number of hydrogen-bond acceptors (Lipinski definition) is 5. The topological polar surface area (TPSA) is 141 Å². The average molecular weight is 514 g/mol. The van der Waals surface area contributed by atoms with Gasteiger partial charge in [-0.3, -0.25) is 9.59 Å². The Hall–Kier alpha value is -4.44. The second-order valence-corrected chi connectivity index (χ2v) is 9.56. The molecule has 0 aliphatic heterocycles. The van der Waals surface area contributed by atoms with E-state index in [1.165, 1.54) is 12.5 Å². The lowest BCUT2D eigenvalue weighted by Gasteiger charge is -2.21. The van der Waals surface area contributed by atoms with Crippen molar-refractivity contribution in [1.29, 1.82) is 0 Å². The van der Waals surface area contributed by atoms with Crippen LogP contribution in [0, 0.1) is 6.92 Å². The van der Waals surface area contributed by atoms with Gasteiger partial charge < -0.3 is 30.3 Å². The molecule has 2 aromatic carbocycles. The van der Waals surface area contributed by atoms with Crippen LogP contribution in [0.25, 0.3) is 21.9 Å². The number of anilines is 1. The highest BCUT2D eigenvalue weighted by atomic mass is 16.3. The number of hydrogen-bond donors (Lipinski definition) is 5. The molecule has 3 heterocycles. The molecule has 0 fully saturated rings. The van der Waals surface area contributed by atoms with E-state index >= 15 is 0 Å². The number of aromatic nitrogens is 5. The number of benzene rings is 2. The highest BCUT2D eigenvalue weighted by Gasteiger charge is 2.19. The van der Waals surface area contributed by atoms with Crippen molar-refractivity contribution in [2.75, 3.05) is 5.32 Å². The Morgan fingerprint density at radius 2 is 2.05 bits per heavy atom. The Balaban J connectivity index is 1.21. The third-order valence-electron chi connectivity index (χ3n) is 6.73. The molecular formula is C28H31N7O3. The Kier molecular flexibility index (Phi) is 7.23. The number of fused-ring (bicyclic) bond motifs is 2. The van der Waals surface area contributed by atoms with E-state index in [1.54, 1.807) is 6.92 Å². The van der Waals surface area contributed by atoms with E-state index in [0.29, 0.717) is 37.2 Å². The summed E-state index contributed by atoms with van der Waals surface area (Å²) < 4.78 is 2.06. The molecule has 10 heteroatoms. The molecule has 0 aliphatic carbocycles. The van der Waals surface area contributed by atoms with E-state index < -0.39 is 12.1 Å². The molecule has 2 atom stereocenters. The second kappa shape index (κ2) is 10.9. The zero-order valence-corrected chi connectivity index (χ0v) is 21.4. The van der Waals surface area contributed by atoms with Crippen molar-refractivity contribution in [1.82, 2.24) is 29.8 Å². The Morgan fingerprint density at radius 3 is 2.82 bits per heavy atom. The van der Waals surface area contributed by atoms with Gasteiger partial charge in [-0.05, 0) is 55.5 Å². The van der Waals surface area contributed by atoms with Crippen LogP contribution in [0.2, 0.25) is 0 Å². The number of carbonyl (C=O) groups excluding carboxylic acids is 2. The summed E-state index contributed by atoms with van der Waals surface area (Å²) in [6, 6.07) is 13.4. The first kappa shape index (κ1) is 25.2. The first-order valence-electron chi connectivity index (χ1n) is 12.7. The molecule has 0 aliphatic rings. The predicted molar refractivity (Wildman–Crippen MR) is 146 cm³/mol. The van der Waals surface area contributed by atoms with Gasteiger partial charge in [0.1, 0.15) is 11.5 Å². The number of aliphatic hydroxyl groups is 1. The minimum absolute atomic E-state index is 0.0877.